The quantitative estimate of drug-likeness (QED) is 0.857. The SMILES string of the molecule is CNCCC1CCCCN1Cc1c[nH]c2ccc(Br)cc12. The van der Waals surface area contributed by atoms with Gasteiger partial charge >= 0.3 is 0 Å². The molecule has 2 N–H and O–H groups in total. The first-order valence-corrected chi connectivity index (χ1v) is 8.71. The van der Waals surface area contributed by atoms with Crippen molar-refractivity contribution in [2.24, 2.45) is 0 Å². The molecule has 114 valence electrons. The average molecular weight is 350 g/mol. The lowest BCUT2D eigenvalue weighted by Crippen LogP contribution is -2.40. The summed E-state index contributed by atoms with van der Waals surface area (Å²) >= 11 is 3.59. The van der Waals surface area contributed by atoms with Crippen molar-refractivity contribution in [2.75, 3.05) is 20.1 Å². The molecule has 1 aliphatic heterocycles. The molecular formula is C17H24BrN3. The highest BCUT2D eigenvalue weighted by atomic mass is 79.9. The van der Waals surface area contributed by atoms with E-state index in [-0.39, 0.29) is 0 Å². The summed E-state index contributed by atoms with van der Waals surface area (Å²) in [7, 11) is 2.05. The van der Waals surface area contributed by atoms with Crippen LogP contribution in [0.25, 0.3) is 10.9 Å². The fourth-order valence-corrected chi connectivity index (χ4v) is 3.77. The molecule has 21 heavy (non-hydrogen) atoms. The normalized spacial score (nSPS) is 20.2. The highest BCUT2D eigenvalue weighted by Gasteiger charge is 2.22. The molecule has 0 aliphatic carbocycles. The van der Waals surface area contributed by atoms with Crippen molar-refractivity contribution in [3.05, 3.63) is 34.4 Å². The van der Waals surface area contributed by atoms with E-state index in [1.165, 1.54) is 48.7 Å². The number of likely N-dealkylation sites (tertiary alicyclic amines) is 1. The molecule has 3 rings (SSSR count). The molecule has 3 nitrogen and oxygen atoms in total. The second kappa shape index (κ2) is 6.95. The van der Waals surface area contributed by atoms with Gasteiger partial charge in [-0.25, -0.2) is 0 Å². The highest BCUT2D eigenvalue weighted by molar-refractivity contribution is 9.10. The summed E-state index contributed by atoms with van der Waals surface area (Å²) in [4.78, 5) is 6.07. The van der Waals surface area contributed by atoms with Gasteiger partial charge in [-0.1, -0.05) is 22.4 Å². The van der Waals surface area contributed by atoms with E-state index in [4.69, 9.17) is 0 Å². The van der Waals surface area contributed by atoms with Crippen molar-refractivity contribution in [3.8, 4) is 0 Å². The van der Waals surface area contributed by atoms with Gasteiger partial charge in [0.25, 0.3) is 0 Å². The number of halogens is 1. The van der Waals surface area contributed by atoms with Gasteiger partial charge in [-0.05, 0) is 63.2 Å². The largest absolute Gasteiger partial charge is 0.361 e. The van der Waals surface area contributed by atoms with E-state index < -0.39 is 0 Å². The molecule has 0 bridgehead atoms. The number of aromatic nitrogens is 1. The number of rotatable bonds is 5. The number of aromatic amines is 1. The minimum Gasteiger partial charge on any atom is -0.361 e. The van der Waals surface area contributed by atoms with E-state index in [9.17, 15) is 0 Å². The van der Waals surface area contributed by atoms with Crippen LogP contribution in [-0.4, -0.2) is 36.1 Å². The maximum atomic E-state index is 3.59. The third-order valence-electron chi connectivity index (χ3n) is 4.58. The van der Waals surface area contributed by atoms with Gasteiger partial charge in [-0.15, -0.1) is 0 Å². The highest BCUT2D eigenvalue weighted by Crippen LogP contribution is 2.27. The predicted molar refractivity (Wildman–Crippen MR) is 92.6 cm³/mol. The molecule has 0 amide bonds. The van der Waals surface area contributed by atoms with Crippen LogP contribution in [0.3, 0.4) is 0 Å². The zero-order valence-corrected chi connectivity index (χ0v) is 14.2. The zero-order valence-electron chi connectivity index (χ0n) is 12.7. The Morgan fingerprint density at radius 2 is 2.29 bits per heavy atom. The van der Waals surface area contributed by atoms with Gasteiger partial charge < -0.3 is 10.3 Å². The molecular weight excluding hydrogens is 326 g/mol. The predicted octanol–water partition coefficient (Wildman–Crippen LogP) is 3.89. The summed E-state index contributed by atoms with van der Waals surface area (Å²) in [6.45, 7) is 3.40. The van der Waals surface area contributed by atoms with E-state index >= 15 is 0 Å². The van der Waals surface area contributed by atoms with Gasteiger partial charge in [0.1, 0.15) is 0 Å². The summed E-state index contributed by atoms with van der Waals surface area (Å²) in [6, 6.07) is 7.20. The molecule has 1 unspecified atom stereocenters. The van der Waals surface area contributed by atoms with Gasteiger partial charge in [0.15, 0.2) is 0 Å². The average Bonchev–Trinajstić information content (AvgIpc) is 2.89. The number of hydrogen-bond acceptors (Lipinski definition) is 2. The Morgan fingerprint density at radius 1 is 1.38 bits per heavy atom. The van der Waals surface area contributed by atoms with Crippen LogP contribution >= 0.6 is 15.9 Å². The van der Waals surface area contributed by atoms with Crippen LogP contribution in [0.1, 0.15) is 31.2 Å². The van der Waals surface area contributed by atoms with Crippen LogP contribution in [0.5, 0.6) is 0 Å². The molecule has 2 aromatic rings. The van der Waals surface area contributed by atoms with Crippen LogP contribution < -0.4 is 5.32 Å². The van der Waals surface area contributed by atoms with Crippen LogP contribution in [-0.2, 0) is 6.54 Å². The van der Waals surface area contributed by atoms with Crippen LogP contribution in [0.2, 0.25) is 0 Å². The van der Waals surface area contributed by atoms with Crippen molar-refractivity contribution in [1.82, 2.24) is 15.2 Å². The van der Waals surface area contributed by atoms with Crippen molar-refractivity contribution in [3.63, 3.8) is 0 Å². The van der Waals surface area contributed by atoms with E-state index in [0.717, 1.165) is 23.6 Å². The Hall–Kier alpha value is -0.840. The molecule has 1 saturated heterocycles. The summed E-state index contributed by atoms with van der Waals surface area (Å²) < 4.78 is 1.15. The fourth-order valence-electron chi connectivity index (χ4n) is 3.41. The Labute approximate surface area is 135 Å². The number of benzene rings is 1. The number of hydrogen-bond donors (Lipinski definition) is 2. The molecule has 0 saturated carbocycles. The molecule has 1 aliphatic rings. The van der Waals surface area contributed by atoms with Gasteiger partial charge in [0.05, 0.1) is 0 Å². The number of H-pyrrole nitrogens is 1. The summed E-state index contributed by atoms with van der Waals surface area (Å²) in [5, 5.41) is 4.64. The minimum absolute atomic E-state index is 0.725. The lowest BCUT2D eigenvalue weighted by molar-refractivity contribution is 0.133. The van der Waals surface area contributed by atoms with Crippen molar-refractivity contribution < 1.29 is 0 Å². The van der Waals surface area contributed by atoms with Crippen LogP contribution in [0.4, 0.5) is 0 Å². The Bertz CT molecular complexity index is 593. The third kappa shape index (κ3) is 3.50. The van der Waals surface area contributed by atoms with Crippen molar-refractivity contribution >= 4 is 26.8 Å². The molecule has 1 aromatic carbocycles. The van der Waals surface area contributed by atoms with Crippen LogP contribution in [0, 0.1) is 0 Å². The monoisotopic (exact) mass is 349 g/mol. The minimum atomic E-state index is 0.725. The zero-order chi connectivity index (χ0) is 14.7. The maximum absolute atomic E-state index is 3.59. The standard InChI is InChI=1S/C17H24BrN3/c1-19-8-7-15-4-2-3-9-21(15)12-13-11-20-17-6-5-14(18)10-16(13)17/h5-6,10-11,15,19-20H,2-4,7-9,12H2,1H3. The first-order chi connectivity index (χ1) is 10.3. The Kier molecular flexibility index (Phi) is 4.99. The number of fused-ring (bicyclic) bond motifs is 1. The van der Waals surface area contributed by atoms with Crippen molar-refractivity contribution in [1.29, 1.82) is 0 Å². The van der Waals surface area contributed by atoms with Gasteiger partial charge in [0, 0.05) is 34.2 Å². The van der Waals surface area contributed by atoms with Gasteiger partial charge in [-0.3, -0.25) is 4.90 Å². The van der Waals surface area contributed by atoms with Crippen LogP contribution in [0.15, 0.2) is 28.9 Å². The molecule has 0 radical (unpaired) electrons. The Morgan fingerprint density at radius 3 is 3.14 bits per heavy atom. The van der Waals surface area contributed by atoms with E-state index in [0.29, 0.717) is 0 Å². The molecule has 0 spiro atoms. The second-order valence-electron chi connectivity index (χ2n) is 6.02. The fraction of sp³-hybridized carbons (Fsp3) is 0.529. The van der Waals surface area contributed by atoms with E-state index in [1.807, 2.05) is 7.05 Å². The lowest BCUT2D eigenvalue weighted by atomic mass is 9.98. The first kappa shape index (κ1) is 15.1. The van der Waals surface area contributed by atoms with Crippen molar-refractivity contribution in [2.45, 2.75) is 38.3 Å². The lowest BCUT2D eigenvalue weighted by Gasteiger charge is -2.35. The molecule has 1 fully saturated rings. The van der Waals surface area contributed by atoms with Gasteiger partial charge in [-0.2, -0.15) is 0 Å². The topological polar surface area (TPSA) is 31.1 Å². The first-order valence-electron chi connectivity index (χ1n) is 7.92. The summed E-state index contributed by atoms with van der Waals surface area (Å²) in [6.07, 6.45) is 7.49. The van der Waals surface area contributed by atoms with Gasteiger partial charge in [0.2, 0.25) is 0 Å². The number of nitrogens with zero attached hydrogens (tertiary/aromatic N) is 1. The molecule has 2 heterocycles. The van der Waals surface area contributed by atoms with E-state index in [2.05, 4.69) is 55.5 Å². The molecule has 1 atom stereocenters. The smallest absolute Gasteiger partial charge is 0.0458 e. The molecule has 1 aromatic heterocycles. The number of piperidine rings is 1. The second-order valence-corrected chi connectivity index (χ2v) is 6.93. The van der Waals surface area contributed by atoms with E-state index in [1.54, 1.807) is 0 Å². The third-order valence-corrected chi connectivity index (χ3v) is 5.07. The maximum Gasteiger partial charge on any atom is 0.0458 e. The Balaban J connectivity index is 1.77. The summed E-state index contributed by atoms with van der Waals surface area (Å²) in [5.41, 5.74) is 2.65. The molecule has 4 heteroatoms. The number of nitrogens with one attached hydrogen (secondary N) is 2. The summed E-state index contributed by atoms with van der Waals surface area (Å²) in [5.74, 6) is 0.